The number of nitrogens with zero attached hydrogens (tertiary/aromatic N) is 1. The van der Waals surface area contributed by atoms with Gasteiger partial charge in [0, 0.05) is 17.8 Å². The second kappa shape index (κ2) is 9.18. The van der Waals surface area contributed by atoms with Gasteiger partial charge in [-0.05, 0) is 56.0 Å². The quantitative estimate of drug-likeness (QED) is 0.529. The highest BCUT2D eigenvalue weighted by Gasteiger charge is 2.78. The molecule has 2 bridgehead atoms. The molecule has 0 saturated carbocycles. The minimum Gasteiger partial charge on any atom is -0.394 e. The maximum atomic E-state index is 14.1. The summed E-state index contributed by atoms with van der Waals surface area (Å²) < 4.78 is 6.56. The molecule has 3 aliphatic heterocycles. The normalized spacial score (nSPS) is 31.3. The van der Waals surface area contributed by atoms with E-state index in [9.17, 15) is 19.5 Å². The highest BCUT2D eigenvalue weighted by Crippen LogP contribution is 2.63. The summed E-state index contributed by atoms with van der Waals surface area (Å²) >= 11 is 6.00. The molecule has 3 heterocycles. The molecule has 2 aromatic rings. The van der Waals surface area contributed by atoms with E-state index in [0.717, 1.165) is 5.56 Å². The SMILES string of the molecule is CNC(=O)[C@H]1[C@H]2C(=O)N([C@@H](CO)Cc3ccccc3)C(C(=O)Nc3ccc(Cl)cc3)C23CC[C@]1(C)O3. The average Bonchev–Trinajstić information content (AvgIpc) is 3.45. The minimum absolute atomic E-state index is 0.278. The van der Waals surface area contributed by atoms with Crippen molar-refractivity contribution in [2.75, 3.05) is 19.0 Å². The number of benzene rings is 2. The third-order valence-corrected chi connectivity index (χ3v) is 8.27. The van der Waals surface area contributed by atoms with Crippen molar-refractivity contribution in [2.24, 2.45) is 11.8 Å². The van der Waals surface area contributed by atoms with Gasteiger partial charge in [0.2, 0.25) is 17.7 Å². The summed E-state index contributed by atoms with van der Waals surface area (Å²) in [4.78, 5) is 42.5. The van der Waals surface area contributed by atoms with Crippen LogP contribution in [-0.4, -0.2) is 64.7 Å². The van der Waals surface area contributed by atoms with Crippen molar-refractivity contribution in [3.05, 3.63) is 65.2 Å². The monoisotopic (exact) mass is 511 g/mol. The molecule has 0 radical (unpaired) electrons. The zero-order chi connectivity index (χ0) is 25.7. The number of anilines is 1. The summed E-state index contributed by atoms with van der Waals surface area (Å²) in [5.41, 5.74) is -0.555. The first kappa shape index (κ1) is 24.7. The molecule has 8 nitrogen and oxygen atoms in total. The van der Waals surface area contributed by atoms with Gasteiger partial charge in [0.05, 0.1) is 30.1 Å². The van der Waals surface area contributed by atoms with Gasteiger partial charge in [-0.1, -0.05) is 41.9 Å². The number of likely N-dealkylation sites (tertiary alicyclic amines) is 1. The average molecular weight is 512 g/mol. The van der Waals surface area contributed by atoms with E-state index in [2.05, 4.69) is 10.6 Å². The summed E-state index contributed by atoms with van der Waals surface area (Å²) in [6.45, 7) is 1.51. The van der Waals surface area contributed by atoms with Gasteiger partial charge in [-0.2, -0.15) is 0 Å². The van der Waals surface area contributed by atoms with Crippen LogP contribution >= 0.6 is 11.6 Å². The summed E-state index contributed by atoms with van der Waals surface area (Å²) in [6.07, 6.45) is 1.38. The Morgan fingerprint density at radius 3 is 2.47 bits per heavy atom. The van der Waals surface area contributed by atoms with E-state index in [1.807, 2.05) is 37.3 Å². The number of aliphatic hydroxyl groups excluding tert-OH is 1. The number of rotatable bonds is 7. The van der Waals surface area contributed by atoms with Crippen molar-refractivity contribution in [3.8, 4) is 0 Å². The van der Waals surface area contributed by atoms with Crippen LogP contribution in [0.2, 0.25) is 5.02 Å². The van der Waals surface area contributed by atoms with Gasteiger partial charge >= 0.3 is 0 Å². The highest BCUT2D eigenvalue weighted by atomic mass is 35.5. The number of nitrogens with one attached hydrogen (secondary N) is 2. The van der Waals surface area contributed by atoms with Crippen molar-refractivity contribution in [2.45, 2.75) is 49.5 Å². The van der Waals surface area contributed by atoms with Gasteiger partial charge in [-0.15, -0.1) is 0 Å². The number of halogens is 1. The molecule has 1 spiro atoms. The molecule has 0 aliphatic carbocycles. The number of amides is 3. The Bertz CT molecular complexity index is 1180. The fourth-order valence-electron chi connectivity index (χ4n) is 6.49. The first-order valence-corrected chi connectivity index (χ1v) is 12.6. The zero-order valence-corrected chi connectivity index (χ0v) is 21.0. The van der Waals surface area contributed by atoms with Crippen molar-refractivity contribution in [1.82, 2.24) is 10.2 Å². The van der Waals surface area contributed by atoms with E-state index in [0.29, 0.717) is 30.0 Å². The number of carbonyl (C=O) groups excluding carboxylic acids is 3. The molecular formula is C27H30ClN3O5. The van der Waals surface area contributed by atoms with Gasteiger partial charge in [0.15, 0.2) is 0 Å². The van der Waals surface area contributed by atoms with Crippen molar-refractivity contribution >= 4 is 35.0 Å². The Hall–Kier alpha value is -2.94. The second-order valence-electron chi connectivity index (χ2n) is 10.1. The first-order chi connectivity index (χ1) is 17.2. The van der Waals surface area contributed by atoms with E-state index >= 15 is 0 Å². The van der Waals surface area contributed by atoms with Crippen LogP contribution in [0.4, 0.5) is 5.69 Å². The van der Waals surface area contributed by atoms with Gasteiger partial charge in [-0.25, -0.2) is 0 Å². The van der Waals surface area contributed by atoms with E-state index in [1.54, 1.807) is 24.3 Å². The molecule has 6 atom stereocenters. The Balaban J connectivity index is 1.56. The van der Waals surface area contributed by atoms with Crippen LogP contribution in [0, 0.1) is 11.8 Å². The molecule has 3 N–H and O–H groups in total. The predicted molar refractivity (Wildman–Crippen MR) is 134 cm³/mol. The molecule has 5 rings (SSSR count). The lowest BCUT2D eigenvalue weighted by Gasteiger charge is -2.37. The Morgan fingerprint density at radius 2 is 1.83 bits per heavy atom. The minimum atomic E-state index is -1.16. The fourth-order valence-corrected chi connectivity index (χ4v) is 6.62. The smallest absolute Gasteiger partial charge is 0.250 e. The van der Waals surface area contributed by atoms with E-state index in [-0.39, 0.29) is 18.4 Å². The van der Waals surface area contributed by atoms with Crippen LogP contribution in [0.1, 0.15) is 25.3 Å². The topological polar surface area (TPSA) is 108 Å². The van der Waals surface area contributed by atoms with Gasteiger partial charge in [0.25, 0.3) is 0 Å². The lowest BCUT2D eigenvalue weighted by Crippen LogP contribution is -2.57. The van der Waals surface area contributed by atoms with E-state index in [4.69, 9.17) is 16.3 Å². The van der Waals surface area contributed by atoms with E-state index in [1.165, 1.54) is 11.9 Å². The van der Waals surface area contributed by atoms with Gasteiger partial charge in [-0.3, -0.25) is 14.4 Å². The number of ether oxygens (including phenoxy) is 1. The lowest BCUT2D eigenvalue weighted by molar-refractivity contribution is -0.147. The molecule has 0 aromatic heterocycles. The molecule has 36 heavy (non-hydrogen) atoms. The third-order valence-electron chi connectivity index (χ3n) is 8.02. The van der Waals surface area contributed by atoms with Crippen LogP contribution in [-0.2, 0) is 25.5 Å². The molecule has 3 amide bonds. The molecule has 190 valence electrons. The summed E-state index contributed by atoms with van der Waals surface area (Å²) in [5, 5.41) is 16.6. The maximum Gasteiger partial charge on any atom is 0.250 e. The van der Waals surface area contributed by atoms with Crippen molar-refractivity contribution in [1.29, 1.82) is 0 Å². The van der Waals surface area contributed by atoms with Gasteiger partial charge in [0.1, 0.15) is 11.6 Å². The molecule has 9 heteroatoms. The number of hydrogen-bond acceptors (Lipinski definition) is 5. The first-order valence-electron chi connectivity index (χ1n) is 12.2. The number of hydrogen-bond donors (Lipinski definition) is 3. The Morgan fingerprint density at radius 1 is 1.14 bits per heavy atom. The largest absolute Gasteiger partial charge is 0.394 e. The molecule has 2 aromatic carbocycles. The Kier molecular flexibility index (Phi) is 6.31. The highest BCUT2D eigenvalue weighted by molar-refractivity contribution is 6.30. The number of aliphatic hydroxyl groups is 1. The third kappa shape index (κ3) is 3.79. The maximum absolute atomic E-state index is 14.1. The molecule has 3 fully saturated rings. The molecule has 3 aliphatic rings. The van der Waals surface area contributed by atoms with Crippen molar-refractivity contribution < 1.29 is 24.2 Å². The number of fused-ring (bicyclic) bond motifs is 1. The zero-order valence-electron chi connectivity index (χ0n) is 20.2. The number of carbonyl (C=O) groups is 3. The summed E-state index contributed by atoms with van der Waals surface area (Å²) in [6, 6.07) is 14.5. The van der Waals surface area contributed by atoms with Gasteiger partial charge < -0.3 is 25.4 Å². The van der Waals surface area contributed by atoms with E-state index < -0.39 is 41.0 Å². The van der Waals surface area contributed by atoms with Crippen LogP contribution in [0.25, 0.3) is 0 Å². The van der Waals surface area contributed by atoms with Crippen LogP contribution in [0.15, 0.2) is 54.6 Å². The van der Waals surface area contributed by atoms with Crippen LogP contribution in [0.3, 0.4) is 0 Å². The predicted octanol–water partition coefficient (Wildman–Crippen LogP) is 2.39. The summed E-state index contributed by atoms with van der Waals surface area (Å²) in [7, 11) is 1.54. The van der Waals surface area contributed by atoms with Crippen LogP contribution in [0.5, 0.6) is 0 Å². The summed E-state index contributed by atoms with van der Waals surface area (Å²) in [5.74, 6) is -2.57. The molecule has 2 unspecified atom stereocenters. The molecular weight excluding hydrogens is 482 g/mol. The second-order valence-corrected chi connectivity index (χ2v) is 10.5. The lowest BCUT2D eigenvalue weighted by atomic mass is 9.66. The van der Waals surface area contributed by atoms with Crippen LogP contribution < -0.4 is 10.6 Å². The fraction of sp³-hybridized carbons (Fsp3) is 0.444. The Labute approximate surface area is 215 Å². The van der Waals surface area contributed by atoms with Crippen molar-refractivity contribution in [3.63, 3.8) is 0 Å². The standard InChI is InChI=1S/C27H30ClN3O5/c1-26-12-13-27(36-26)21(20(26)23(33)29-2)25(35)31(19(15-32)14-16-6-4-3-5-7-16)22(27)24(34)30-18-10-8-17(28)9-11-18/h3-11,19-22,32H,12-15H2,1-2H3,(H,29,33)(H,30,34)/t19-,20-,21+,22?,26+,27?/m1/s1. The molecule has 3 saturated heterocycles.